The molecule has 1 atom stereocenters. The van der Waals surface area contributed by atoms with Crippen LogP contribution < -0.4 is 0 Å². The van der Waals surface area contributed by atoms with Crippen molar-refractivity contribution in [2.45, 2.75) is 71.8 Å². The third kappa shape index (κ3) is 3.05. The van der Waals surface area contributed by atoms with E-state index in [1.165, 1.54) is 33.7 Å². The number of nitrogens with zero attached hydrogens (tertiary/aromatic N) is 1. The number of fused-ring (bicyclic) bond motifs is 1. The summed E-state index contributed by atoms with van der Waals surface area (Å²) in [6.07, 6.45) is 10.2. The molecule has 0 fully saturated rings. The van der Waals surface area contributed by atoms with Gasteiger partial charge in [-0.05, 0) is 47.8 Å². The van der Waals surface area contributed by atoms with Gasteiger partial charge in [-0.25, -0.2) is 0 Å². The molecule has 3 heteroatoms. The van der Waals surface area contributed by atoms with Gasteiger partial charge >= 0.3 is 0 Å². The summed E-state index contributed by atoms with van der Waals surface area (Å²) in [5, 5.41) is 0. The highest BCUT2D eigenvalue weighted by Gasteiger charge is 2.51. The van der Waals surface area contributed by atoms with Gasteiger partial charge in [-0.1, -0.05) is 58.2 Å². The van der Waals surface area contributed by atoms with Crippen LogP contribution in [0.4, 0.5) is 0 Å². The van der Waals surface area contributed by atoms with E-state index in [-0.39, 0.29) is 23.3 Å². The Morgan fingerprint density at radius 3 is 2.20 bits per heavy atom. The van der Waals surface area contributed by atoms with Crippen LogP contribution in [-0.2, 0) is 22.4 Å². The van der Waals surface area contributed by atoms with E-state index < -0.39 is 0 Å². The molecule has 1 aliphatic carbocycles. The Kier molecular flexibility index (Phi) is 5.12. The molecule has 0 saturated carbocycles. The largest absolute Gasteiger partial charge is 0.269 e. The second-order valence-corrected chi connectivity index (χ2v) is 7.60. The minimum absolute atomic E-state index is 0.0198. The van der Waals surface area contributed by atoms with Crippen LogP contribution in [0.5, 0.6) is 0 Å². The molecule has 25 heavy (non-hydrogen) atoms. The summed E-state index contributed by atoms with van der Waals surface area (Å²) in [5.41, 5.74) is 3.81. The van der Waals surface area contributed by atoms with E-state index in [9.17, 15) is 9.59 Å². The second kappa shape index (κ2) is 7.15. The third-order valence-corrected chi connectivity index (χ3v) is 5.76. The number of aryl methyl sites for hydroxylation is 1. The van der Waals surface area contributed by atoms with Crippen molar-refractivity contribution in [3.8, 4) is 0 Å². The van der Waals surface area contributed by atoms with Crippen LogP contribution in [0.1, 0.15) is 75.6 Å². The molecule has 0 unspecified atom stereocenters. The molecule has 0 saturated heterocycles. The zero-order valence-corrected chi connectivity index (χ0v) is 15.7. The van der Waals surface area contributed by atoms with Gasteiger partial charge in [0, 0.05) is 12.2 Å². The second-order valence-electron chi connectivity index (χ2n) is 7.60. The van der Waals surface area contributed by atoms with Crippen molar-refractivity contribution in [3.05, 3.63) is 47.0 Å². The van der Waals surface area contributed by atoms with Crippen molar-refractivity contribution in [3.63, 3.8) is 0 Å². The van der Waals surface area contributed by atoms with Crippen LogP contribution in [0.2, 0.25) is 0 Å². The Labute approximate surface area is 151 Å². The van der Waals surface area contributed by atoms with Gasteiger partial charge < -0.3 is 0 Å². The molecule has 1 aromatic rings. The highest BCUT2D eigenvalue weighted by molar-refractivity contribution is 6.13. The van der Waals surface area contributed by atoms with E-state index in [4.69, 9.17) is 0 Å². The molecule has 2 aliphatic rings. The summed E-state index contributed by atoms with van der Waals surface area (Å²) in [7, 11) is 0. The fourth-order valence-corrected chi connectivity index (χ4v) is 4.96. The lowest BCUT2D eigenvalue weighted by Gasteiger charge is -2.40. The third-order valence-electron chi connectivity index (χ3n) is 5.76. The van der Waals surface area contributed by atoms with E-state index in [0.29, 0.717) is 0 Å². The first-order valence-corrected chi connectivity index (χ1v) is 9.73. The van der Waals surface area contributed by atoms with E-state index >= 15 is 0 Å². The van der Waals surface area contributed by atoms with Gasteiger partial charge in [-0.2, -0.15) is 0 Å². The summed E-state index contributed by atoms with van der Waals surface area (Å²) in [6, 6.07) is 6.60. The lowest BCUT2D eigenvalue weighted by atomic mass is 9.73. The Hall–Kier alpha value is -1.90. The van der Waals surface area contributed by atoms with Crippen LogP contribution >= 0.6 is 0 Å². The van der Waals surface area contributed by atoms with Gasteiger partial charge in [0.15, 0.2) is 0 Å². The SMILES string of the molecule is CCCc1ccc2c(c1)[C@@H](N1C(=O)C=CC1=O)C(CCC)(CCC)C2. The first-order valence-electron chi connectivity index (χ1n) is 9.73. The van der Waals surface area contributed by atoms with Gasteiger partial charge in [0.1, 0.15) is 0 Å². The van der Waals surface area contributed by atoms with Crippen LogP contribution in [0.3, 0.4) is 0 Å². The molecule has 0 radical (unpaired) electrons. The maximum Gasteiger partial charge on any atom is 0.254 e. The summed E-state index contributed by atoms with van der Waals surface area (Å²) < 4.78 is 0. The van der Waals surface area contributed by atoms with E-state index in [0.717, 1.165) is 44.9 Å². The first kappa shape index (κ1) is 17.9. The molecule has 0 bridgehead atoms. The maximum atomic E-state index is 12.5. The Morgan fingerprint density at radius 1 is 1.00 bits per heavy atom. The van der Waals surface area contributed by atoms with E-state index in [2.05, 4.69) is 39.0 Å². The summed E-state index contributed by atoms with van der Waals surface area (Å²) >= 11 is 0. The Balaban J connectivity index is 2.11. The van der Waals surface area contributed by atoms with Gasteiger partial charge in [0.05, 0.1) is 6.04 Å². The lowest BCUT2D eigenvalue weighted by Crippen LogP contribution is -2.42. The fourth-order valence-electron chi connectivity index (χ4n) is 4.96. The van der Waals surface area contributed by atoms with Crippen molar-refractivity contribution in [1.82, 2.24) is 4.90 Å². The van der Waals surface area contributed by atoms with Gasteiger partial charge in [0.2, 0.25) is 0 Å². The molecule has 1 aromatic carbocycles. The standard InChI is InChI=1S/C22H29NO2/c1-4-7-16-8-9-17-15-22(12-5-2,13-6-3)21(18(17)14-16)23-19(24)10-11-20(23)25/h8-11,14,21H,4-7,12-13,15H2,1-3H3/t21-/m1/s1. The minimum Gasteiger partial charge on any atom is -0.269 e. The number of carbonyl (C=O) groups is 2. The van der Waals surface area contributed by atoms with Crippen LogP contribution in [0.15, 0.2) is 30.4 Å². The highest BCUT2D eigenvalue weighted by Crippen LogP contribution is 2.55. The molecule has 2 amide bonds. The Morgan fingerprint density at radius 2 is 1.64 bits per heavy atom. The smallest absolute Gasteiger partial charge is 0.254 e. The van der Waals surface area contributed by atoms with Gasteiger partial charge in [-0.3, -0.25) is 14.5 Å². The lowest BCUT2D eigenvalue weighted by molar-refractivity contribution is -0.143. The molecule has 0 spiro atoms. The fraction of sp³-hybridized carbons (Fsp3) is 0.545. The molecule has 134 valence electrons. The number of imide groups is 1. The van der Waals surface area contributed by atoms with Gasteiger partial charge in [-0.15, -0.1) is 0 Å². The average molecular weight is 339 g/mol. The molecule has 3 rings (SSSR count). The quantitative estimate of drug-likeness (QED) is 0.672. The molecule has 0 N–H and O–H groups in total. The monoisotopic (exact) mass is 339 g/mol. The number of amides is 2. The number of hydrogen-bond acceptors (Lipinski definition) is 2. The number of benzene rings is 1. The number of hydrogen-bond donors (Lipinski definition) is 0. The predicted octanol–water partition coefficient (Wildman–Crippen LogP) is 4.75. The minimum atomic E-state index is -0.152. The van der Waals surface area contributed by atoms with E-state index in [1.54, 1.807) is 0 Å². The molecule has 1 heterocycles. The normalized spacial score (nSPS) is 21.2. The summed E-state index contributed by atoms with van der Waals surface area (Å²) in [5.74, 6) is -0.305. The van der Waals surface area contributed by atoms with Crippen molar-refractivity contribution < 1.29 is 9.59 Å². The van der Waals surface area contributed by atoms with Crippen molar-refractivity contribution in [1.29, 1.82) is 0 Å². The first-order chi connectivity index (χ1) is 12.1. The van der Waals surface area contributed by atoms with Gasteiger partial charge in [0.25, 0.3) is 11.8 Å². The van der Waals surface area contributed by atoms with Crippen molar-refractivity contribution in [2.24, 2.45) is 5.41 Å². The molecule has 0 aromatic heterocycles. The molecular weight excluding hydrogens is 310 g/mol. The van der Waals surface area contributed by atoms with Crippen LogP contribution in [0.25, 0.3) is 0 Å². The zero-order valence-electron chi connectivity index (χ0n) is 15.7. The molecule has 1 aliphatic heterocycles. The molecular formula is C22H29NO2. The van der Waals surface area contributed by atoms with Crippen molar-refractivity contribution >= 4 is 11.8 Å². The topological polar surface area (TPSA) is 37.4 Å². The van der Waals surface area contributed by atoms with E-state index in [1.807, 2.05) is 0 Å². The van der Waals surface area contributed by atoms with Crippen molar-refractivity contribution in [2.75, 3.05) is 0 Å². The zero-order chi connectivity index (χ0) is 18.0. The summed E-state index contributed by atoms with van der Waals surface area (Å²) in [6.45, 7) is 6.58. The van der Waals surface area contributed by atoms with Crippen LogP contribution in [0, 0.1) is 5.41 Å². The number of rotatable bonds is 7. The number of carbonyl (C=O) groups excluding carboxylic acids is 2. The predicted molar refractivity (Wildman–Crippen MR) is 100 cm³/mol. The highest BCUT2D eigenvalue weighted by atomic mass is 16.2. The Bertz CT molecular complexity index is 680. The average Bonchev–Trinajstić information content (AvgIpc) is 3.05. The van der Waals surface area contributed by atoms with Crippen LogP contribution in [-0.4, -0.2) is 16.7 Å². The molecule has 3 nitrogen and oxygen atoms in total. The summed E-state index contributed by atoms with van der Waals surface area (Å²) in [4.78, 5) is 26.5. The maximum absolute atomic E-state index is 12.5.